The van der Waals surface area contributed by atoms with Crippen molar-refractivity contribution < 1.29 is 9.72 Å². The van der Waals surface area contributed by atoms with Gasteiger partial charge in [0.05, 0.1) is 16.8 Å². The summed E-state index contributed by atoms with van der Waals surface area (Å²) in [4.78, 5) is 33.1. The molecular formula is C18H28N6O3S. The highest BCUT2D eigenvalue weighted by molar-refractivity contribution is 7.99. The molecule has 9 nitrogen and oxygen atoms in total. The zero-order chi connectivity index (χ0) is 19.9. The van der Waals surface area contributed by atoms with Gasteiger partial charge in [0.1, 0.15) is 12.0 Å². The lowest BCUT2D eigenvalue weighted by molar-refractivity contribution is -0.385. The minimum Gasteiger partial charge on any atom is -0.354 e. The van der Waals surface area contributed by atoms with Crippen molar-refractivity contribution in [1.29, 1.82) is 0 Å². The fourth-order valence-electron chi connectivity index (χ4n) is 3.52. The predicted octanol–water partition coefficient (Wildman–Crippen LogP) is 1.14. The summed E-state index contributed by atoms with van der Waals surface area (Å²) in [7, 11) is 0. The minimum absolute atomic E-state index is 0.0163. The zero-order valence-electron chi connectivity index (χ0n) is 16.0. The van der Waals surface area contributed by atoms with E-state index in [4.69, 9.17) is 5.73 Å². The van der Waals surface area contributed by atoms with Crippen molar-refractivity contribution in [3.63, 3.8) is 0 Å². The van der Waals surface area contributed by atoms with Gasteiger partial charge in [0.2, 0.25) is 5.91 Å². The standard InChI is InChI=1S/C18H28N6O3S/c19-16(18(25)23-11-12-28-14-23)3-1-2-6-21-7-9-22(10-8-21)17-5-4-15(13-20-17)24(26)27/h4-5,13,16H,1-3,6-12,14,19H2/t16-/m0/s1. The molecule has 0 saturated carbocycles. The predicted molar refractivity (Wildman–Crippen MR) is 110 cm³/mol. The quantitative estimate of drug-likeness (QED) is 0.387. The maximum Gasteiger partial charge on any atom is 0.287 e. The van der Waals surface area contributed by atoms with Crippen LogP contribution in [0.2, 0.25) is 0 Å². The van der Waals surface area contributed by atoms with Crippen LogP contribution in [-0.2, 0) is 4.79 Å². The van der Waals surface area contributed by atoms with Crippen molar-refractivity contribution in [2.75, 3.05) is 55.8 Å². The summed E-state index contributed by atoms with van der Waals surface area (Å²) in [6.45, 7) is 5.42. The molecule has 2 aliphatic heterocycles. The summed E-state index contributed by atoms with van der Waals surface area (Å²) in [5.41, 5.74) is 6.07. The SMILES string of the molecule is N[C@@H](CCCCN1CCN(c2ccc([N+](=O)[O-])cn2)CC1)C(=O)N1CCSC1. The lowest BCUT2D eigenvalue weighted by atomic mass is 10.1. The Labute approximate surface area is 169 Å². The van der Waals surface area contributed by atoms with Gasteiger partial charge < -0.3 is 15.5 Å². The lowest BCUT2D eigenvalue weighted by Gasteiger charge is -2.35. The van der Waals surface area contributed by atoms with Crippen molar-refractivity contribution in [2.24, 2.45) is 5.73 Å². The van der Waals surface area contributed by atoms with Crippen molar-refractivity contribution in [3.8, 4) is 0 Å². The molecule has 154 valence electrons. The van der Waals surface area contributed by atoms with E-state index in [9.17, 15) is 14.9 Å². The summed E-state index contributed by atoms with van der Waals surface area (Å²) >= 11 is 1.78. The van der Waals surface area contributed by atoms with E-state index in [1.54, 1.807) is 17.8 Å². The summed E-state index contributed by atoms with van der Waals surface area (Å²) < 4.78 is 0. The molecule has 0 spiro atoms. The summed E-state index contributed by atoms with van der Waals surface area (Å²) in [6.07, 6.45) is 4.04. The highest BCUT2D eigenvalue weighted by Gasteiger charge is 2.24. The van der Waals surface area contributed by atoms with Gasteiger partial charge in [-0.15, -0.1) is 11.8 Å². The number of carbonyl (C=O) groups is 1. The smallest absolute Gasteiger partial charge is 0.287 e. The van der Waals surface area contributed by atoms with Crippen LogP contribution in [0.3, 0.4) is 0 Å². The monoisotopic (exact) mass is 408 g/mol. The number of carbonyl (C=O) groups excluding carboxylic acids is 1. The molecule has 0 aromatic carbocycles. The number of thioether (sulfide) groups is 1. The highest BCUT2D eigenvalue weighted by atomic mass is 32.2. The molecule has 1 aromatic rings. The summed E-state index contributed by atoms with van der Waals surface area (Å²) in [5, 5.41) is 10.7. The van der Waals surface area contributed by atoms with Gasteiger partial charge in [0.15, 0.2) is 0 Å². The number of nitrogens with zero attached hydrogens (tertiary/aromatic N) is 5. The molecule has 0 bridgehead atoms. The Hall–Kier alpha value is -1.91. The molecule has 2 N–H and O–H groups in total. The van der Waals surface area contributed by atoms with E-state index >= 15 is 0 Å². The number of rotatable bonds is 8. The number of unbranched alkanes of at least 4 members (excludes halogenated alkanes) is 1. The van der Waals surface area contributed by atoms with E-state index in [-0.39, 0.29) is 17.6 Å². The van der Waals surface area contributed by atoms with Crippen LogP contribution in [0.1, 0.15) is 19.3 Å². The zero-order valence-corrected chi connectivity index (χ0v) is 16.9. The van der Waals surface area contributed by atoms with Crippen LogP contribution >= 0.6 is 11.8 Å². The molecule has 2 fully saturated rings. The molecule has 0 radical (unpaired) electrons. The topological polar surface area (TPSA) is 109 Å². The van der Waals surface area contributed by atoms with E-state index in [1.807, 2.05) is 4.90 Å². The van der Waals surface area contributed by atoms with Gasteiger partial charge >= 0.3 is 0 Å². The van der Waals surface area contributed by atoms with Crippen molar-refractivity contribution in [1.82, 2.24) is 14.8 Å². The van der Waals surface area contributed by atoms with Crippen LogP contribution in [0.25, 0.3) is 0 Å². The third-order valence-electron chi connectivity index (χ3n) is 5.26. The van der Waals surface area contributed by atoms with Gasteiger partial charge in [-0.3, -0.25) is 19.8 Å². The Morgan fingerprint density at radius 2 is 2.04 bits per heavy atom. The number of piperazine rings is 1. The van der Waals surface area contributed by atoms with E-state index < -0.39 is 4.92 Å². The first-order chi connectivity index (χ1) is 13.5. The van der Waals surface area contributed by atoms with Gasteiger partial charge in [0, 0.05) is 44.5 Å². The molecule has 1 aromatic heterocycles. The number of nitrogens with two attached hydrogens (primary N) is 1. The third kappa shape index (κ3) is 5.55. The van der Waals surface area contributed by atoms with Crippen LogP contribution in [-0.4, -0.2) is 82.6 Å². The highest BCUT2D eigenvalue weighted by Crippen LogP contribution is 2.18. The van der Waals surface area contributed by atoms with Crippen molar-refractivity contribution in [3.05, 3.63) is 28.4 Å². The number of nitro groups is 1. The number of aromatic nitrogens is 1. The normalized spacial score (nSPS) is 19.0. The molecular weight excluding hydrogens is 380 g/mol. The first-order valence-corrected chi connectivity index (χ1v) is 10.9. The molecule has 10 heteroatoms. The molecule has 1 atom stereocenters. The lowest BCUT2D eigenvalue weighted by Crippen LogP contribution is -2.47. The third-order valence-corrected chi connectivity index (χ3v) is 6.23. The fourth-order valence-corrected chi connectivity index (χ4v) is 4.47. The second-order valence-corrected chi connectivity index (χ2v) is 8.28. The van der Waals surface area contributed by atoms with Crippen LogP contribution in [0.5, 0.6) is 0 Å². The van der Waals surface area contributed by atoms with E-state index in [1.165, 1.54) is 12.3 Å². The Bertz CT molecular complexity index is 660. The number of hydrogen-bond acceptors (Lipinski definition) is 8. The average molecular weight is 409 g/mol. The molecule has 3 heterocycles. The fraction of sp³-hybridized carbons (Fsp3) is 0.667. The van der Waals surface area contributed by atoms with E-state index in [0.717, 1.165) is 76.0 Å². The number of amides is 1. The molecule has 2 aliphatic rings. The van der Waals surface area contributed by atoms with Crippen LogP contribution in [0, 0.1) is 10.1 Å². The molecule has 3 rings (SSSR count). The Morgan fingerprint density at radius 1 is 1.25 bits per heavy atom. The van der Waals surface area contributed by atoms with Crippen molar-refractivity contribution >= 4 is 29.2 Å². The first-order valence-electron chi connectivity index (χ1n) is 9.74. The van der Waals surface area contributed by atoms with Gasteiger partial charge in [-0.2, -0.15) is 0 Å². The second-order valence-electron chi connectivity index (χ2n) is 7.20. The first kappa shape index (κ1) is 20.8. The van der Waals surface area contributed by atoms with Crippen LogP contribution < -0.4 is 10.6 Å². The molecule has 28 heavy (non-hydrogen) atoms. The number of pyridine rings is 1. The van der Waals surface area contributed by atoms with Gasteiger partial charge in [0.25, 0.3) is 5.69 Å². The molecule has 1 amide bonds. The summed E-state index contributed by atoms with van der Waals surface area (Å²) in [6, 6.07) is 2.84. The van der Waals surface area contributed by atoms with Gasteiger partial charge in [-0.05, 0) is 25.5 Å². The largest absolute Gasteiger partial charge is 0.354 e. The Kier molecular flexibility index (Phi) is 7.46. The Morgan fingerprint density at radius 3 is 2.64 bits per heavy atom. The number of anilines is 1. The molecule has 0 aliphatic carbocycles. The second kappa shape index (κ2) is 10.0. The van der Waals surface area contributed by atoms with Crippen LogP contribution in [0.4, 0.5) is 11.5 Å². The Balaban J connectivity index is 1.32. The maximum absolute atomic E-state index is 12.2. The van der Waals surface area contributed by atoms with Gasteiger partial charge in [-0.1, -0.05) is 6.42 Å². The molecule has 2 saturated heterocycles. The van der Waals surface area contributed by atoms with Crippen molar-refractivity contribution in [2.45, 2.75) is 25.3 Å². The molecule has 0 unspecified atom stereocenters. The maximum atomic E-state index is 12.2. The average Bonchev–Trinajstić information content (AvgIpc) is 3.26. The minimum atomic E-state index is -0.432. The van der Waals surface area contributed by atoms with Gasteiger partial charge in [-0.25, -0.2) is 4.98 Å². The van der Waals surface area contributed by atoms with Crippen LogP contribution in [0.15, 0.2) is 18.3 Å². The number of hydrogen-bond donors (Lipinski definition) is 1. The summed E-state index contributed by atoms with van der Waals surface area (Å²) in [5.74, 6) is 2.67. The van der Waals surface area contributed by atoms with E-state index in [2.05, 4.69) is 14.8 Å². The van der Waals surface area contributed by atoms with E-state index in [0.29, 0.717) is 0 Å².